The normalized spacial score (nSPS) is 11.8. The zero-order valence-electron chi connectivity index (χ0n) is 8.44. The van der Waals surface area contributed by atoms with Crippen LogP contribution in [0.5, 0.6) is 0 Å². The minimum Gasteiger partial charge on any atom is -0.476 e. The van der Waals surface area contributed by atoms with Crippen LogP contribution in [0.1, 0.15) is 16.2 Å². The van der Waals surface area contributed by atoms with Crippen LogP contribution in [0.25, 0.3) is 0 Å². The van der Waals surface area contributed by atoms with Gasteiger partial charge in [-0.25, -0.2) is 9.48 Å². The average molecular weight is 254 g/mol. The zero-order valence-corrected chi connectivity index (χ0v) is 8.44. The summed E-state index contributed by atoms with van der Waals surface area (Å²) >= 11 is 0. The molecule has 0 saturated heterocycles. The summed E-state index contributed by atoms with van der Waals surface area (Å²) in [6.45, 7) is -1.17. The Bertz CT molecular complexity index is 404. The number of nitrogens with two attached hydrogens (primary N) is 1. The third-order valence-corrected chi connectivity index (χ3v) is 1.80. The summed E-state index contributed by atoms with van der Waals surface area (Å²) in [4.78, 5) is 10.6. The molecule has 0 aliphatic carbocycles. The molecule has 1 aromatic heterocycles. The van der Waals surface area contributed by atoms with Gasteiger partial charge < -0.3 is 10.8 Å². The Kier molecular flexibility index (Phi) is 4.02. The van der Waals surface area contributed by atoms with Crippen LogP contribution >= 0.6 is 0 Å². The lowest BCUT2D eigenvalue weighted by Crippen LogP contribution is -2.20. The second-order valence-electron chi connectivity index (χ2n) is 2.91. The van der Waals surface area contributed by atoms with Crippen molar-refractivity contribution in [2.75, 3.05) is 6.61 Å². The summed E-state index contributed by atoms with van der Waals surface area (Å²) in [5, 5.41) is 15.4. The number of halogens is 3. The molecular formula is C7H9F3N4O3. The Hall–Kier alpha value is -1.68. The summed E-state index contributed by atoms with van der Waals surface area (Å²) in [5.74, 6) is -1.34. The molecular weight excluding hydrogens is 245 g/mol. The Balaban J connectivity index is 2.69. The van der Waals surface area contributed by atoms with E-state index in [1.165, 1.54) is 0 Å². The molecule has 96 valence electrons. The molecule has 0 amide bonds. The first kappa shape index (κ1) is 13.4. The lowest BCUT2D eigenvalue weighted by molar-refractivity contribution is -0.325. The molecule has 1 aromatic rings. The molecule has 0 radical (unpaired) electrons. The van der Waals surface area contributed by atoms with E-state index in [0.29, 0.717) is 0 Å². The highest BCUT2D eigenvalue weighted by atomic mass is 19.4. The largest absolute Gasteiger partial charge is 0.522 e. The number of alkyl halides is 3. The highest BCUT2D eigenvalue weighted by Crippen LogP contribution is 2.16. The number of nitrogens with zero attached hydrogens (tertiary/aromatic N) is 3. The van der Waals surface area contributed by atoms with E-state index >= 15 is 0 Å². The molecule has 1 heterocycles. The zero-order chi connectivity index (χ0) is 13.1. The average Bonchev–Trinajstić information content (AvgIpc) is 2.58. The van der Waals surface area contributed by atoms with Gasteiger partial charge in [0.2, 0.25) is 0 Å². The van der Waals surface area contributed by atoms with E-state index in [1.807, 2.05) is 0 Å². The van der Waals surface area contributed by atoms with Gasteiger partial charge in [0.1, 0.15) is 0 Å². The number of aromatic carboxylic acids is 1. The second kappa shape index (κ2) is 5.10. The fourth-order valence-corrected chi connectivity index (χ4v) is 1.13. The molecule has 1 rings (SSSR count). The maximum atomic E-state index is 11.7. The van der Waals surface area contributed by atoms with Crippen molar-refractivity contribution >= 4 is 5.97 Å². The van der Waals surface area contributed by atoms with Gasteiger partial charge in [-0.3, -0.25) is 4.74 Å². The van der Waals surface area contributed by atoms with E-state index in [9.17, 15) is 18.0 Å². The van der Waals surface area contributed by atoms with Crippen LogP contribution in [0.2, 0.25) is 0 Å². The van der Waals surface area contributed by atoms with Crippen LogP contribution in [-0.4, -0.2) is 39.0 Å². The van der Waals surface area contributed by atoms with Crippen molar-refractivity contribution in [1.82, 2.24) is 15.0 Å². The SMILES string of the molecule is NCc1c(C(=O)O)nnn1CCOC(F)(F)F. The van der Waals surface area contributed by atoms with Crippen LogP contribution < -0.4 is 5.73 Å². The molecule has 10 heteroatoms. The van der Waals surface area contributed by atoms with Crippen LogP contribution in [0.15, 0.2) is 0 Å². The van der Waals surface area contributed by atoms with Crippen molar-refractivity contribution in [3.63, 3.8) is 0 Å². The van der Waals surface area contributed by atoms with Gasteiger partial charge in [-0.05, 0) is 0 Å². The van der Waals surface area contributed by atoms with E-state index in [0.717, 1.165) is 4.68 Å². The standard InChI is InChI=1S/C7H9F3N4O3/c8-7(9,10)17-2-1-14-4(3-11)5(6(15)16)12-13-14/h1-3,11H2,(H,15,16). The van der Waals surface area contributed by atoms with Crippen molar-refractivity contribution in [2.45, 2.75) is 19.5 Å². The topological polar surface area (TPSA) is 103 Å². The number of carboxylic acids is 1. The number of ether oxygens (including phenoxy) is 1. The molecule has 0 atom stereocenters. The minimum atomic E-state index is -4.74. The monoisotopic (exact) mass is 254 g/mol. The van der Waals surface area contributed by atoms with Gasteiger partial charge in [0.25, 0.3) is 0 Å². The van der Waals surface area contributed by atoms with Gasteiger partial charge in [0, 0.05) is 6.54 Å². The summed E-state index contributed by atoms with van der Waals surface area (Å²) in [7, 11) is 0. The van der Waals surface area contributed by atoms with Crippen molar-refractivity contribution < 1.29 is 27.8 Å². The first-order valence-electron chi connectivity index (χ1n) is 4.41. The lowest BCUT2D eigenvalue weighted by atomic mass is 10.3. The molecule has 0 aliphatic rings. The summed E-state index contributed by atoms with van der Waals surface area (Å²) in [5.41, 5.74) is 4.93. The Labute approximate surface area is 93.0 Å². The summed E-state index contributed by atoms with van der Waals surface area (Å²) in [6.07, 6.45) is -4.74. The number of carbonyl (C=O) groups is 1. The van der Waals surface area contributed by atoms with E-state index in [4.69, 9.17) is 10.8 Å². The Morgan fingerprint density at radius 3 is 2.65 bits per heavy atom. The Morgan fingerprint density at radius 2 is 2.18 bits per heavy atom. The molecule has 0 bridgehead atoms. The number of aromatic nitrogens is 3. The predicted molar refractivity (Wildman–Crippen MR) is 46.9 cm³/mol. The number of hydrogen-bond donors (Lipinski definition) is 2. The van der Waals surface area contributed by atoms with Gasteiger partial charge in [-0.15, -0.1) is 18.3 Å². The Morgan fingerprint density at radius 1 is 1.53 bits per heavy atom. The van der Waals surface area contributed by atoms with Crippen LogP contribution in [-0.2, 0) is 17.8 Å². The molecule has 3 N–H and O–H groups in total. The molecule has 0 fully saturated rings. The van der Waals surface area contributed by atoms with Crippen LogP contribution in [0, 0.1) is 0 Å². The van der Waals surface area contributed by atoms with E-state index in [1.54, 1.807) is 0 Å². The maximum Gasteiger partial charge on any atom is 0.522 e. The lowest BCUT2D eigenvalue weighted by Gasteiger charge is -2.08. The molecule has 7 nitrogen and oxygen atoms in total. The van der Waals surface area contributed by atoms with Gasteiger partial charge in [-0.2, -0.15) is 0 Å². The minimum absolute atomic E-state index is 0.0447. The molecule has 0 aliphatic heterocycles. The highest BCUT2D eigenvalue weighted by Gasteiger charge is 2.29. The van der Waals surface area contributed by atoms with Gasteiger partial charge in [0.15, 0.2) is 5.69 Å². The molecule has 0 aromatic carbocycles. The molecule has 17 heavy (non-hydrogen) atoms. The van der Waals surface area contributed by atoms with Crippen molar-refractivity contribution in [3.05, 3.63) is 11.4 Å². The second-order valence-corrected chi connectivity index (χ2v) is 2.91. The van der Waals surface area contributed by atoms with Crippen molar-refractivity contribution in [3.8, 4) is 0 Å². The molecule has 0 saturated carbocycles. The summed E-state index contributed by atoms with van der Waals surface area (Å²) in [6, 6.07) is 0. The fourth-order valence-electron chi connectivity index (χ4n) is 1.13. The van der Waals surface area contributed by atoms with Crippen molar-refractivity contribution in [2.24, 2.45) is 5.73 Å². The quantitative estimate of drug-likeness (QED) is 0.764. The van der Waals surface area contributed by atoms with Crippen LogP contribution in [0.4, 0.5) is 13.2 Å². The molecule has 0 unspecified atom stereocenters. The highest BCUT2D eigenvalue weighted by molar-refractivity contribution is 5.86. The first-order valence-corrected chi connectivity index (χ1v) is 4.41. The fraction of sp³-hybridized carbons (Fsp3) is 0.571. The number of hydrogen-bond acceptors (Lipinski definition) is 5. The maximum absolute atomic E-state index is 11.7. The summed E-state index contributed by atoms with van der Waals surface area (Å²) < 4.78 is 39.6. The van der Waals surface area contributed by atoms with Gasteiger partial charge in [-0.1, -0.05) is 5.21 Å². The smallest absolute Gasteiger partial charge is 0.476 e. The van der Waals surface area contributed by atoms with Gasteiger partial charge >= 0.3 is 12.3 Å². The number of rotatable bonds is 5. The third-order valence-electron chi connectivity index (χ3n) is 1.80. The van der Waals surface area contributed by atoms with E-state index in [2.05, 4.69) is 15.0 Å². The number of carboxylic acid groups (broad SMARTS) is 1. The van der Waals surface area contributed by atoms with Crippen molar-refractivity contribution in [1.29, 1.82) is 0 Å². The third kappa shape index (κ3) is 3.67. The van der Waals surface area contributed by atoms with Gasteiger partial charge in [0.05, 0.1) is 18.8 Å². The first-order chi connectivity index (χ1) is 7.85. The van der Waals surface area contributed by atoms with E-state index < -0.39 is 18.9 Å². The predicted octanol–water partition coefficient (Wildman–Crippen LogP) is -0.0286. The molecule has 0 spiro atoms. The van der Waals surface area contributed by atoms with Crippen LogP contribution in [0.3, 0.4) is 0 Å². The van der Waals surface area contributed by atoms with E-state index in [-0.39, 0.29) is 24.5 Å².